The number of likely N-dealkylation sites (tertiary alicyclic amines) is 1. The Labute approximate surface area is 150 Å². The topological polar surface area (TPSA) is 45.2 Å². The molecule has 5 fully saturated rings. The van der Waals surface area contributed by atoms with Gasteiger partial charge in [0.25, 0.3) is 0 Å². The number of rotatable bonds is 4. The second-order valence-corrected chi connectivity index (χ2v) is 8.91. The van der Waals surface area contributed by atoms with Gasteiger partial charge in [0.1, 0.15) is 0 Å². The van der Waals surface area contributed by atoms with E-state index in [-0.39, 0.29) is 5.91 Å². The highest BCUT2D eigenvalue weighted by Gasteiger charge is 2.48. The molecule has 4 saturated carbocycles. The molecule has 1 aliphatic heterocycles. The molecule has 1 N–H and O–H groups in total. The third kappa shape index (κ3) is 2.99. The third-order valence-corrected chi connectivity index (χ3v) is 7.29. The van der Waals surface area contributed by atoms with E-state index in [2.05, 4.69) is 21.3 Å². The maximum atomic E-state index is 12.8. The van der Waals surface area contributed by atoms with Crippen molar-refractivity contribution in [2.45, 2.75) is 57.0 Å². The normalized spacial score (nSPS) is 39.7. The van der Waals surface area contributed by atoms with Crippen LogP contribution < -0.4 is 5.32 Å². The number of pyridine rings is 1. The fraction of sp³-hybridized carbons (Fsp3) is 0.714. The molecule has 1 atom stereocenters. The van der Waals surface area contributed by atoms with E-state index in [4.69, 9.17) is 0 Å². The number of hydrogen-bond donors (Lipinski definition) is 1. The van der Waals surface area contributed by atoms with E-state index in [0.29, 0.717) is 18.6 Å². The molecule has 4 bridgehead atoms. The van der Waals surface area contributed by atoms with Gasteiger partial charge in [0.2, 0.25) is 5.91 Å². The molecular formula is C21H29N3O. The lowest BCUT2D eigenvalue weighted by molar-refractivity contribution is -0.126. The maximum absolute atomic E-state index is 12.8. The van der Waals surface area contributed by atoms with Crippen LogP contribution in [0, 0.1) is 23.7 Å². The molecule has 4 aliphatic carbocycles. The molecular weight excluding hydrogens is 310 g/mol. The molecule has 25 heavy (non-hydrogen) atoms. The van der Waals surface area contributed by atoms with Crippen molar-refractivity contribution < 1.29 is 4.79 Å². The molecule has 0 radical (unpaired) electrons. The third-order valence-electron chi connectivity index (χ3n) is 7.29. The lowest BCUT2D eigenvalue weighted by Crippen LogP contribution is -2.57. The van der Waals surface area contributed by atoms with Gasteiger partial charge in [-0.15, -0.1) is 0 Å². The van der Waals surface area contributed by atoms with Crippen LogP contribution in [0.2, 0.25) is 0 Å². The van der Waals surface area contributed by atoms with Crippen LogP contribution in [-0.2, 0) is 4.79 Å². The number of aromatic nitrogens is 1. The number of nitrogens with zero attached hydrogens (tertiary/aromatic N) is 2. The lowest BCUT2D eigenvalue weighted by atomic mass is 9.54. The largest absolute Gasteiger partial charge is 0.352 e. The van der Waals surface area contributed by atoms with Gasteiger partial charge in [-0.3, -0.25) is 14.7 Å². The van der Waals surface area contributed by atoms with E-state index in [1.165, 1.54) is 32.1 Å². The van der Waals surface area contributed by atoms with E-state index in [1.54, 1.807) is 0 Å². The molecule has 1 unspecified atom stereocenters. The highest BCUT2D eigenvalue weighted by molar-refractivity contribution is 5.78. The van der Waals surface area contributed by atoms with Crippen molar-refractivity contribution in [2.75, 3.05) is 13.1 Å². The average Bonchev–Trinajstić information content (AvgIpc) is 3.06. The van der Waals surface area contributed by atoms with Gasteiger partial charge in [-0.25, -0.2) is 0 Å². The van der Waals surface area contributed by atoms with Crippen molar-refractivity contribution in [1.82, 2.24) is 15.2 Å². The zero-order valence-electron chi connectivity index (χ0n) is 14.9. The Kier molecular flexibility index (Phi) is 4.04. The number of nitrogens with one attached hydrogen (secondary N) is 1. The summed E-state index contributed by atoms with van der Waals surface area (Å²) in [5.41, 5.74) is 1.11. The number of amides is 1. The van der Waals surface area contributed by atoms with Gasteiger partial charge in [-0.05, 0) is 87.3 Å². The second-order valence-electron chi connectivity index (χ2n) is 8.91. The summed E-state index contributed by atoms with van der Waals surface area (Å²) in [5.74, 6) is 3.67. The molecule has 2 heterocycles. The van der Waals surface area contributed by atoms with Gasteiger partial charge >= 0.3 is 0 Å². The summed E-state index contributed by atoms with van der Waals surface area (Å²) in [5, 5.41) is 3.46. The zero-order valence-corrected chi connectivity index (χ0v) is 14.9. The van der Waals surface area contributed by atoms with Crippen molar-refractivity contribution in [3.8, 4) is 0 Å². The van der Waals surface area contributed by atoms with Crippen molar-refractivity contribution in [1.29, 1.82) is 0 Å². The smallest absolute Gasteiger partial charge is 0.234 e. The monoisotopic (exact) mass is 339 g/mol. The first-order valence-corrected chi connectivity index (χ1v) is 10.2. The minimum atomic E-state index is 0.236. The Bertz CT molecular complexity index is 603. The van der Waals surface area contributed by atoms with Crippen LogP contribution in [0.5, 0.6) is 0 Å². The van der Waals surface area contributed by atoms with Crippen LogP contribution in [-0.4, -0.2) is 34.9 Å². The number of carbonyl (C=O) groups excluding carboxylic acids is 1. The van der Waals surface area contributed by atoms with Crippen molar-refractivity contribution >= 4 is 5.91 Å². The zero-order chi connectivity index (χ0) is 16.8. The Balaban J connectivity index is 1.22. The van der Waals surface area contributed by atoms with Crippen molar-refractivity contribution in [3.63, 3.8) is 0 Å². The van der Waals surface area contributed by atoms with Gasteiger partial charge in [0.15, 0.2) is 0 Å². The Morgan fingerprint density at radius 2 is 1.88 bits per heavy atom. The van der Waals surface area contributed by atoms with Crippen LogP contribution >= 0.6 is 0 Å². The van der Waals surface area contributed by atoms with Gasteiger partial charge in [-0.1, -0.05) is 6.07 Å². The van der Waals surface area contributed by atoms with Crippen LogP contribution in [0.3, 0.4) is 0 Å². The molecule has 1 amide bonds. The van der Waals surface area contributed by atoms with Gasteiger partial charge in [0, 0.05) is 12.2 Å². The first-order chi connectivity index (χ1) is 12.3. The number of hydrogen-bond acceptors (Lipinski definition) is 3. The Morgan fingerprint density at radius 3 is 2.56 bits per heavy atom. The summed E-state index contributed by atoms with van der Waals surface area (Å²) in [4.78, 5) is 19.6. The van der Waals surface area contributed by atoms with E-state index in [9.17, 15) is 4.79 Å². The summed E-state index contributed by atoms with van der Waals surface area (Å²) in [6.07, 6.45) is 11.0. The summed E-state index contributed by atoms with van der Waals surface area (Å²) in [6.45, 7) is 1.54. The quantitative estimate of drug-likeness (QED) is 0.916. The highest BCUT2D eigenvalue weighted by Crippen LogP contribution is 2.53. The molecule has 5 aliphatic rings. The van der Waals surface area contributed by atoms with Gasteiger partial charge < -0.3 is 5.32 Å². The molecule has 6 rings (SSSR count). The van der Waals surface area contributed by atoms with Crippen molar-refractivity contribution in [2.24, 2.45) is 23.7 Å². The number of carbonyl (C=O) groups is 1. The standard InChI is InChI=1S/C21H29N3O/c25-20(13-24-7-3-5-19(24)18-4-1-2-6-22-18)23-21-16-9-14-8-15(11-16)12-17(21)10-14/h1-2,4,6,14-17,19,21H,3,5,7-13H2,(H,23,25). The van der Waals surface area contributed by atoms with E-state index in [0.717, 1.165) is 48.8 Å². The van der Waals surface area contributed by atoms with E-state index >= 15 is 0 Å². The average molecular weight is 339 g/mol. The minimum Gasteiger partial charge on any atom is -0.352 e. The lowest BCUT2D eigenvalue weighted by Gasteiger charge is -2.54. The molecule has 1 saturated heterocycles. The Morgan fingerprint density at radius 1 is 1.12 bits per heavy atom. The fourth-order valence-electron chi connectivity index (χ4n) is 6.50. The maximum Gasteiger partial charge on any atom is 0.234 e. The summed E-state index contributed by atoms with van der Waals surface area (Å²) in [7, 11) is 0. The SMILES string of the molecule is O=C(CN1CCCC1c1ccccn1)NC1C2CC3CC(C2)CC1C3. The fourth-order valence-corrected chi connectivity index (χ4v) is 6.50. The molecule has 134 valence electrons. The van der Waals surface area contributed by atoms with Crippen LogP contribution in [0.25, 0.3) is 0 Å². The minimum absolute atomic E-state index is 0.236. The predicted octanol–water partition coefficient (Wildman–Crippen LogP) is 3.16. The summed E-state index contributed by atoms with van der Waals surface area (Å²) < 4.78 is 0. The van der Waals surface area contributed by atoms with Crippen LogP contribution in [0.1, 0.15) is 56.7 Å². The van der Waals surface area contributed by atoms with E-state index < -0.39 is 0 Å². The summed E-state index contributed by atoms with van der Waals surface area (Å²) >= 11 is 0. The second kappa shape index (κ2) is 6.39. The Hall–Kier alpha value is -1.42. The van der Waals surface area contributed by atoms with Gasteiger partial charge in [0.05, 0.1) is 18.3 Å². The van der Waals surface area contributed by atoms with E-state index in [1.807, 2.05) is 18.3 Å². The first-order valence-electron chi connectivity index (χ1n) is 10.2. The summed E-state index contributed by atoms with van der Waals surface area (Å²) in [6, 6.07) is 6.87. The van der Waals surface area contributed by atoms with Gasteiger partial charge in [-0.2, -0.15) is 0 Å². The van der Waals surface area contributed by atoms with Crippen molar-refractivity contribution in [3.05, 3.63) is 30.1 Å². The molecule has 1 aromatic heterocycles. The molecule has 1 aromatic rings. The first kappa shape index (κ1) is 15.8. The molecule has 4 heteroatoms. The van der Waals surface area contributed by atoms with Crippen LogP contribution in [0.15, 0.2) is 24.4 Å². The predicted molar refractivity (Wildman–Crippen MR) is 96.8 cm³/mol. The van der Waals surface area contributed by atoms with Crippen LogP contribution in [0.4, 0.5) is 0 Å². The molecule has 0 spiro atoms. The molecule has 0 aromatic carbocycles. The molecule has 4 nitrogen and oxygen atoms in total. The highest BCUT2D eigenvalue weighted by atomic mass is 16.2.